The fourth-order valence-electron chi connectivity index (χ4n) is 4.20. The number of amides is 1. The summed E-state index contributed by atoms with van der Waals surface area (Å²) in [5.41, 5.74) is 2.88. The fourth-order valence-corrected chi connectivity index (χ4v) is 4.20. The van der Waals surface area contributed by atoms with E-state index in [0.29, 0.717) is 5.41 Å². The van der Waals surface area contributed by atoms with Crippen LogP contribution in [-0.4, -0.2) is 37.9 Å². The first-order valence-electron chi connectivity index (χ1n) is 8.52. The summed E-state index contributed by atoms with van der Waals surface area (Å²) in [6.45, 7) is 5.56. The zero-order chi connectivity index (χ0) is 16.2. The molecule has 1 spiro atoms. The number of carbonyl (C=O) groups is 1. The Morgan fingerprint density at radius 3 is 2.52 bits per heavy atom. The lowest BCUT2D eigenvalue weighted by atomic mass is 9.64. The van der Waals surface area contributed by atoms with E-state index < -0.39 is 0 Å². The number of hydrogen-bond acceptors (Lipinski definition) is 3. The van der Waals surface area contributed by atoms with Crippen molar-refractivity contribution in [1.82, 2.24) is 19.9 Å². The van der Waals surface area contributed by atoms with E-state index in [1.165, 1.54) is 12.8 Å². The monoisotopic (exact) mass is 312 g/mol. The SMILES string of the molecule is Cn1nnc2cccc(C(=O)N3CCC34CCC(C)(C)CC4)c21. The molecule has 0 unspecified atom stereocenters. The van der Waals surface area contributed by atoms with Gasteiger partial charge in [-0.3, -0.25) is 4.79 Å². The maximum absolute atomic E-state index is 13.2. The summed E-state index contributed by atoms with van der Waals surface area (Å²) in [7, 11) is 1.85. The van der Waals surface area contributed by atoms with Crippen LogP contribution in [-0.2, 0) is 7.05 Å². The van der Waals surface area contributed by atoms with Crippen LogP contribution in [0.4, 0.5) is 0 Å². The van der Waals surface area contributed by atoms with Crippen LogP contribution in [0.25, 0.3) is 11.0 Å². The highest BCUT2D eigenvalue weighted by Gasteiger charge is 2.50. The molecule has 4 rings (SSSR count). The molecule has 1 saturated heterocycles. The summed E-state index contributed by atoms with van der Waals surface area (Å²) in [5.74, 6) is 0.145. The van der Waals surface area contributed by atoms with E-state index in [9.17, 15) is 4.79 Å². The molecule has 5 nitrogen and oxygen atoms in total. The van der Waals surface area contributed by atoms with E-state index in [-0.39, 0.29) is 11.4 Å². The van der Waals surface area contributed by atoms with E-state index >= 15 is 0 Å². The molecule has 0 bridgehead atoms. The minimum Gasteiger partial charge on any atom is -0.333 e. The lowest BCUT2D eigenvalue weighted by Crippen LogP contribution is -2.63. The Kier molecular flexibility index (Phi) is 3.06. The zero-order valence-corrected chi connectivity index (χ0v) is 14.2. The van der Waals surface area contributed by atoms with Crippen LogP contribution in [0.5, 0.6) is 0 Å². The van der Waals surface area contributed by atoms with Crippen LogP contribution < -0.4 is 0 Å². The van der Waals surface area contributed by atoms with Gasteiger partial charge in [-0.2, -0.15) is 0 Å². The van der Waals surface area contributed by atoms with Gasteiger partial charge in [0.15, 0.2) is 0 Å². The Labute approximate surface area is 136 Å². The zero-order valence-electron chi connectivity index (χ0n) is 14.2. The van der Waals surface area contributed by atoms with Gasteiger partial charge < -0.3 is 4.90 Å². The molecule has 1 saturated carbocycles. The van der Waals surface area contributed by atoms with Gasteiger partial charge in [-0.25, -0.2) is 4.68 Å². The highest BCUT2D eigenvalue weighted by Crippen LogP contribution is 2.49. The normalized spacial score (nSPS) is 22.3. The van der Waals surface area contributed by atoms with Crippen molar-refractivity contribution in [2.45, 2.75) is 51.5 Å². The minimum absolute atomic E-state index is 0.0980. The van der Waals surface area contributed by atoms with Crippen molar-refractivity contribution in [2.24, 2.45) is 12.5 Å². The molecular weight excluding hydrogens is 288 g/mol. The number of nitrogens with zero attached hydrogens (tertiary/aromatic N) is 4. The number of likely N-dealkylation sites (tertiary alicyclic amines) is 1. The van der Waals surface area contributed by atoms with E-state index in [0.717, 1.165) is 42.4 Å². The second-order valence-corrected chi connectivity index (χ2v) is 7.98. The number of fused-ring (bicyclic) bond motifs is 1. The third-order valence-corrected chi connectivity index (χ3v) is 6.01. The number of para-hydroxylation sites is 1. The summed E-state index contributed by atoms with van der Waals surface area (Å²) >= 11 is 0. The highest BCUT2D eigenvalue weighted by molar-refractivity contribution is 6.05. The maximum Gasteiger partial charge on any atom is 0.256 e. The molecule has 23 heavy (non-hydrogen) atoms. The lowest BCUT2D eigenvalue weighted by Gasteiger charge is -2.57. The number of carbonyl (C=O) groups excluding carboxylic acids is 1. The fraction of sp³-hybridized carbons (Fsp3) is 0.611. The van der Waals surface area contributed by atoms with Crippen molar-refractivity contribution in [2.75, 3.05) is 6.54 Å². The van der Waals surface area contributed by atoms with Gasteiger partial charge in [-0.15, -0.1) is 5.10 Å². The van der Waals surface area contributed by atoms with Gasteiger partial charge >= 0.3 is 0 Å². The molecule has 1 amide bonds. The molecular formula is C18H24N4O. The average molecular weight is 312 g/mol. The van der Waals surface area contributed by atoms with Crippen molar-refractivity contribution in [1.29, 1.82) is 0 Å². The molecule has 0 N–H and O–H groups in total. The maximum atomic E-state index is 13.2. The topological polar surface area (TPSA) is 51.0 Å². The highest BCUT2D eigenvalue weighted by atomic mass is 16.2. The summed E-state index contributed by atoms with van der Waals surface area (Å²) in [5, 5.41) is 8.19. The van der Waals surface area contributed by atoms with Gasteiger partial charge in [0, 0.05) is 19.1 Å². The molecule has 1 aromatic carbocycles. The molecule has 0 radical (unpaired) electrons. The Balaban J connectivity index is 1.66. The van der Waals surface area contributed by atoms with Crippen LogP contribution in [0.1, 0.15) is 56.3 Å². The van der Waals surface area contributed by atoms with Crippen LogP contribution in [0, 0.1) is 5.41 Å². The van der Waals surface area contributed by atoms with Gasteiger partial charge in [0.2, 0.25) is 0 Å². The smallest absolute Gasteiger partial charge is 0.256 e. The van der Waals surface area contributed by atoms with Crippen LogP contribution >= 0.6 is 0 Å². The number of benzene rings is 1. The van der Waals surface area contributed by atoms with Gasteiger partial charge in [0.05, 0.1) is 5.56 Å². The van der Waals surface area contributed by atoms with Gasteiger partial charge in [0.25, 0.3) is 5.91 Å². The third-order valence-electron chi connectivity index (χ3n) is 6.01. The summed E-state index contributed by atoms with van der Waals surface area (Å²) < 4.78 is 1.71. The molecule has 0 atom stereocenters. The number of aryl methyl sites for hydroxylation is 1. The molecule has 122 valence electrons. The van der Waals surface area contributed by atoms with Gasteiger partial charge in [0.1, 0.15) is 11.0 Å². The predicted octanol–water partition coefficient (Wildman–Crippen LogP) is 3.15. The van der Waals surface area contributed by atoms with E-state index in [4.69, 9.17) is 0 Å². The number of rotatable bonds is 1. The second kappa shape index (κ2) is 4.79. The van der Waals surface area contributed by atoms with Crippen molar-refractivity contribution in [3.8, 4) is 0 Å². The standard InChI is InChI=1S/C18H24N4O/c1-17(2)7-9-18(10-8-17)11-12-22(18)16(23)13-5-4-6-14-15(13)21(3)20-19-14/h4-6H,7-12H2,1-3H3. The molecule has 2 aromatic rings. The first-order chi connectivity index (χ1) is 10.9. The van der Waals surface area contributed by atoms with Crippen molar-refractivity contribution >= 4 is 16.9 Å². The molecule has 2 aliphatic rings. The van der Waals surface area contributed by atoms with E-state index in [1.807, 2.05) is 25.2 Å². The lowest BCUT2D eigenvalue weighted by molar-refractivity contribution is -0.0419. The van der Waals surface area contributed by atoms with Crippen molar-refractivity contribution < 1.29 is 4.79 Å². The quantitative estimate of drug-likeness (QED) is 0.813. The summed E-state index contributed by atoms with van der Waals surface area (Å²) in [4.78, 5) is 15.3. The molecule has 5 heteroatoms. The Hall–Kier alpha value is -1.91. The van der Waals surface area contributed by atoms with E-state index in [2.05, 4.69) is 29.1 Å². The Bertz CT molecular complexity index is 766. The number of aromatic nitrogens is 3. The largest absolute Gasteiger partial charge is 0.333 e. The molecule has 1 aromatic heterocycles. The first-order valence-corrected chi connectivity index (χ1v) is 8.52. The van der Waals surface area contributed by atoms with Crippen LogP contribution in [0.3, 0.4) is 0 Å². The summed E-state index contributed by atoms with van der Waals surface area (Å²) in [6.07, 6.45) is 5.81. The first kappa shape index (κ1) is 14.7. The minimum atomic E-state index is 0.0980. The average Bonchev–Trinajstić information content (AvgIpc) is 2.88. The molecule has 1 aliphatic carbocycles. The van der Waals surface area contributed by atoms with Gasteiger partial charge in [-0.05, 0) is 49.7 Å². The Morgan fingerprint density at radius 1 is 1.13 bits per heavy atom. The second-order valence-electron chi connectivity index (χ2n) is 7.98. The molecule has 1 aliphatic heterocycles. The van der Waals surface area contributed by atoms with Gasteiger partial charge in [-0.1, -0.05) is 25.1 Å². The van der Waals surface area contributed by atoms with Crippen molar-refractivity contribution in [3.05, 3.63) is 23.8 Å². The Morgan fingerprint density at radius 2 is 1.87 bits per heavy atom. The van der Waals surface area contributed by atoms with Crippen LogP contribution in [0.15, 0.2) is 18.2 Å². The summed E-state index contributed by atoms with van der Waals surface area (Å²) in [6, 6.07) is 5.72. The number of hydrogen-bond donors (Lipinski definition) is 0. The third kappa shape index (κ3) is 2.17. The van der Waals surface area contributed by atoms with E-state index in [1.54, 1.807) is 4.68 Å². The van der Waals surface area contributed by atoms with Crippen molar-refractivity contribution in [3.63, 3.8) is 0 Å². The molecule has 2 fully saturated rings. The van der Waals surface area contributed by atoms with Crippen LogP contribution in [0.2, 0.25) is 0 Å². The molecule has 2 heterocycles. The predicted molar refractivity (Wildman–Crippen MR) is 89.1 cm³/mol.